The summed E-state index contributed by atoms with van der Waals surface area (Å²) in [6, 6.07) is 21.7. The van der Waals surface area contributed by atoms with Gasteiger partial charge in [0.05, 0.1) is 0 Å². The lowest BCUT2D eigenvalue weighted by Crippen LogP contribution is -2.20. The molecule has 0 saturated carbocycles. The van der Waals surface area contributed by atoms with Crippen LogP contribution >= 0.6 is 15.9 Å². The minimum Gasteiger partial charge on any atom is -0.481 e. The number of nitrogens with one attached hydrogen (secondary N) is 1. The lowest BCUT2D eigenvalue weighted by atomic mass is 10.0. The molecule has 3 rings (SSSR count). The number of benzene rings is 3. The molecular weight excluding hydrogens is 385 g/mol. The molecule has 25 heavy (non-hydrogen) atoms. The molecule has 1 amide bonds. The number of anilines is 1. The van der Waals surface area contributed by atoms with Gasteiger partial charge in [0.2, 0.25) is 0 Å². The van der Waals surface area contributed by atoms with Crippen molar-refractivity contribution in [2.75, 3.05) is 11.9 Å². The molecule has 0 unspecified atom stereocenters. The van der Waals surface area contributed by atoms with Crippen LogP contribution in [0.5, 0.6) is 5.75 Å². The highest BCUT2D eigenvalue weighted by Crippen LogP contribution is 2.27. The Morgan fingerprint density at radius 2 is 1.72 bits per heavy atom. The molecule has 0 saturated heterocycles. The summed E-state index contributed by atoms with van der Waals surface area (Å²) in [4.78, 5) is 12.2. The number of ether oxygens (including phenoxy) is 1. The minimum absolute atomic E-state index is 0.0368. The molecule has 126 valence electrons. The first kappa shape index (κ1) is 17.2. The van der Waals surface area contributed by atoms with E-state index in [1.165, 1.54) is 12.1 Å². The van der Waals surface area contributed by atoms with Crippen molar-refractivity contribution in [3.05, 3.63) is 83.1 Å². The van der Waals surface area contributed by atoms with Crippen molar-refractivity contribution in [2.24, 2.45) is 0 Å². The summed E-state index contributed by atoms with van der Waals surface area (Å²) < 4.78 is 19.6. The minimum atomic E-state index is -0.521. The van der Waals surface area contributed by atoms with E-state index in [9.17, 15) is 9.18 Å². The van der Waals surface area contributed by atoms with Crippen LogP contribution in [0.25, 0.3) is 11.1 Å². The van der Waals surface area contributed by atoms with Crippen LogP contribution in [0, 0.1) is 5.82 Å². The van der Waals surface area contributed by atoms with Crippen LogP contribution in [-0.4, -0.2) is 12.5 Å². The number of rotatable bonds is 5. The van der Waals surface area contributed by atoms with Gasteiger partial charge in [0.1, 0.15) is 0 Å². The van der Waals surface area contributed by atoms with Gasteiger partial charge >= 0.3 is 0 Å². The molecule has 1 N–H and O–H groups in total. The van der Waals surface area contributed by atoms with Gasteiger partial charge in [-0.2, -0.15) is 0 Å². The monoisotopic (exact) mass is 399 g/mol. The van der Waals surface area contributed by atoms with Gasteiger partial charge in [-0.05, 0) is 29.8 Å². The highest BCUT2D eigenvalue weighted by molar-refractivity contribution is 9.10. The molecule has 0 bridgehead atoms. The molecular formula is C20H15BrFNO2. The summed E-state index contributed by atoms with van der Waals surface area (Å²) >= 11 is 3.18. The van der Waals surface area contributed by atoms with E-state index in [0.29, 0.717) is 10.2 Å². The number of hydrogen-bond donors (Lipinski definition) is 1. The molecule has 0 aliphatic carbocycles. The van der Waals surface area contributed by atoms with E-state index in [2.05, 4.69) is 21.2 Å². The second kappa shape index (κ2) is 7.94. The van der Waals surface area contributed by atoms with E-state index in [0.717, 1.165) is 11.1 Å². The average Bonchev–Trinajstić information content (AvgIpc) is 2.62. The highest BCUT2D eigenvalue weighted by atomic mass is 79.9. The largest absolute Gasteiger partial charge is 0.481 e. The van der Waals surface area contributed by atoms with Crippen molar-refractivity contribution < 1.29 is 13.9 Å². The van der Waals surface area contributed by atoms with Gasteiger partial charge < -0.3 is 10.1 Å². The summed E-state index contributed by atoms with van der Waals surface area (Å²) in [6.07, 6.45) is 0. The Morgan fingerprint density at radius 3 is 2.48 bits per heavy atom. The highest BCUT2D eigenvalue weighted by Gasteiger charge is 2.10. The second-order valence-corrected chi connectivity index (χ2v) is 6.24. The third-order valence-corrected chi connectivity index (χ3v) is 4.03. The Balaban J connectivity index is 1.69. The van der Waals surface area contributed by atoms with Crippen LogP contribution < -0.4 is 10.1 Å². The second-order valence-electron chi connectivity index (χ2n) is 5.32. The molecule has 0 aliphatic heterocycles. The Hall–Kier alpha value is -2.66. The fraction of sp³-hybridized carbons (Fsp3) is 0.0500. The molecule has 3 aromatic rings. The van der Waals surface area contributed by atoms with Crippen molar-refractivity contribution in [1.29, 1.82) is 0 Å². The number of hydrogen-bond acceptors (Lipinski definition) is 2. The maximum absolute atomic E-state index is 13.7. The van der Waals surface area contributed by atoms with Gasteiger partial charge in [0.15, 0.2) is 18.2 Å². The smallest absolute Gasteiger partial charge is 0.262 e. The zero-order valence-corrected chi connectivity index (χ0v) is 14.8. The molecule has 0 spiro atoms. The van der Waals surface area contributed by atoms with Crippen molar-refractivity contribution in [3.8, 4) is 16.9 Å². The number of carbonyl (C=O) groups is 1. The summed E-state index contributed by atoms with van der Waals surface area (Å²) in [5.74, 6) is -0.841. The van der Waals surface area contributed by atoms with Crippen LogP contribution in [0.3, 0.4) is 0 Å². The summed E-state index contributed by atoms with van der Waals surface area (Å²) in [5.41, 5.74) is 2.59. The average molecular weight is 400 g/mol. The number of para-hydroxylation sites is 1. The number of halogens is 2. The third kappa shape index (κ3) is 4.45. The predicted octanol–water partition coefficient (Wildman–Crippen LogP) is 5.27. The fourth-order valence-corrected chi connectivity index (χ4v) is 2.72. The molecule has 0 radical (unpaired) electrons. The van der Waals surface area contributed by atoms with E-state index in [1.54, 1.807) is 6.07 Å². The van der Waals surface area contributed by atoms with Crippen molar-refractivity contribution in [3.63, 3.8) is 0 Å². The molecule has 0 atom stereocenters. The summed E-state index contributed by atoms with van der Waals surface area (Å²) in [7, 11) is 0. The zero-order chi connectivity index (χ0) is 17.6. The summed E-state index contributed by atoms with van der Waals surface area (Å²) in [6.45, 7) is -0.276. The molecule has 0 fully saturated rings. The molecule has 5 heteroatoms. The molecule has 3 nitrogen and oxygen atoms in total. The molecule has 0 heterocycles. The molecule has 3 aromatic carbocycles. The van der Waals surface area contributed by atoms with Gasteiger partial charge in [-0.3, -0.25) is 4.79 Å². The van der Waals surface area contributed by atoms with E-state index in [-0.39, 0.29) is 18.3 Å². The molecule has 0 aliphatic rings. The van der Waals surface area contributed by atoms with E-state index < -0.39 is 5.82 Å². The Morgan fingerprint density at radius 1 is 1.00 bits per heavy atom. The van der Waals surface area contributed by atoms with Crippen molar-refractivity contribution in [1.82, 2.24) is 0 Å². The Kier molecular flexibility index (Phi) is 5.46. The lowest BCUT2D eigenvalue weighted by molar-refractivity contribution is -0.118. The molecule has 0 aromatic heterocycles. The van der Waals surface area contributed by atoms with Crippen LogP contribution in [0.15, 0.2) is 77.3 Å². The quantitative estimate of drug-likeness (QED) is 0.634. The normalized spacial score (nSPS) is 10.3. The van der Waals surface area contributed by atoms with Crippen molar-refractivity contribution >= 4 is 27.5 Å². The SMILES string of the molecule is O=C(COc1ccc(Br)cc1F)Nc1ccccc1-c1ccccc1. The first-order valence-electron chi connectivity index (χ1n) is 7.65. The van der Waals surface area contributed by atoms with Gasteiger partial charge in [-0.25, -0.2) is 4.39 Å². The Bertz CT molecular complexity index is 884. The van der Waals surface area contributed by atoms with E-state index in [1.807, 2.05) is 54.6 Å². The van der Waals surface area contributed by atoms with E-state index >= 15 is 0 Å². The van der Waals surface area contributed by atoms with Crippen LogP contribution in [0.1, 0.15) is 0 Å². The number of carbonyl (C=O) groups excluding carboxylic acids is 1. The fourth-order valence-electron chi connectivity index (χ4n) is 2.38. The number of amides is 1. The van der Waals surface area contributed by atoms with Crippen LogP contribution in [0.4, 0.5) is 10.1 Å². The first-order valence-corrected chi connectivity index (χ1v) is 8.45. The standard InChI is InChI=1S/C20H15BrFNO2/c21-15-10-11-19(17(22)12-15)25-13-20(24)23-18-9-5-4-8-16(18)14-6-2-1-3-7-14/h1-12H,13H2,(H,23,24). The van der Waals surface area contributed by atoms with Gasteiger partial charge in [0.25, 0.3) is 5.91 Å². The van der Waals surface area contributed by atoms with Gasteiger partial charge in [-0.1, -0.05) is 64.5 Å². The van der Waals surface area contributed by atoms with Crippen LogP contribution in [-0.2, 0) is 4.79 Å². The topological polar surface area (TPSA) is 38.3 Å². The zero-order valence-electron chi connectivity index (χ0n) is 13.2. The summed E-state index contributed by atoms with van der Waals surface area (Å²) in [5, 5.41) is 2.81. The van der Waals surface area contributed by atoms with Gasteiger partial charge in [-0.15, -0.1) is 0 Å². The maximum Gasteiger partial charge on any atom is 0.262 e. The third-order valence-electron chi connectivity index (χ3n) is 3.54. The van der Waals surface area contributed by atoms with Crippen molar-refractivity contribution in [2.45, 2.75) is 0 Å². The first-order chi connectivity index (χ1) is 12.1. The predicted molar refractivity (Wildman–Crippen MR) is 100 cm³/mol. The van der Waals surface area contributed by atoms with E-state index in [4.69, 9.17) is 4.74 Å². The van der Waals surface area contributed by atoms with Gasteiger partial charge in [0, 0.05) is 15.7 Å². The maximum atomic E-state index is 13.7. The lowest BCUT2D eigenvalue weighted by Gasteiger charge is -2.12. The van der Waals surface area contributed by atoms with Crippen LogP contribution in [0.2, 0.25) is 0 Å². The Labute approximate surface area is 153 Å².